The molecule has 23 heavy (non-hydrogen) atoms. The molecular formula is C16H14N4O3. The molecule has 1 aromatic heterocycles. The smallest absolute Gasteiger partial charge is 0.269 e. The third-order valence-corrected chi connectivity index (χ3v) is 3.68. The van der Waals surface area contributed by atoms with Crippen LogP contribution in [-0.2, 0) is 4.79 Å². The van der Waals surface area contributed by atoms with Crippen LogP contribution in [0.1, 0.15) is 6.92 Å². The summed E-state index contributed by atoms with van der Waals surface area (Å²) in [5.41, 5.74) is 2.05. The minimum Gasteiger partial charge on any atom is -0.482 e. The largest absolute Gasteiger partial charge is 0.482 e. The van der Waals surface area contributed by atoms with E-state index in [9.17, 15) is 4.79 Å². The number of ether oxygens (including phenoxy) is 2. The van der Waals surface area contributed by atoms with Crippen molar-refractivity contribution in [2.45, 2.75) is 19.1 Å². The predicted octanol–water partition coefficient (Wildman–Crippen LogP) is 2.12. The zero-order valence-electron chi connectivity index (χ0n) is 12.3. The van der Waals surface area contributed by atoms with Gasteiger partial charge >= 0.3 is 0 Å². The summed E-state index contributed by atoms with van der Waals surface area (Å²) in [6.45, 7) is 1.81. The second-order valence-electron chi connectivity index (χ2n) is 5.32. The lowest BCUT2D eigenvalue weighted by atomic mass is 10.1. The molecule has 0 fully saturated rings. The standard InChI is InChI=1S/C16H14N4O3/c1-9-15(23-14-5-3-2-4-13(14)22-9)16(21)17-10-6-7-11-12(8-10)19-20-18-11/h2-9,15H,1H3,(H,17,21)(H,18,19,20). The third kappa shape index (κ3) is 2.46. The first-order valence-electron chi connectivity index (χ1n) is 7.24. The summed E-state index contributed by atoms with van der Waals surface area (Å²) in [5.74, 6) is 0.945. The van der Waals surface area contributed by atoms with Crippen molar-refractivity contribution < 1.29 is 14.3 Å². The molecule has 2 N–H and O–H groups in total. The maximum Gasteiger partial charge on any atom is 0.269 e. The molecule has 2 unspecified atom stereocenters. The number of rotatable bonds is 2. The predicted molar refractivity (Wildman–Crippen MR) is 83.5 cm³/mol. The Labute approximate surface area is 131 Å². The summed E-state index contributed by atoms with van der Waals surface area (Å²) in [4.78, 5) is 12.5. The average molecular weight is 310 g/mol. The molecule has 4 rings (SSSR count). The summed E-state index contributed by atoms with van der Waals surface area (Å²) in [6.07, 6.45) is -1.11. The Morgan fingerprint density at radius 1 is 1.09 bits per heavy atom. The van der Waals surface area contributed by atoms with Crippen LogP contribution >= 0.6 is 0 Å². The number of fused-ring (bicyclic) bond motifs is 2. The molecule has 1 amide bonds. The molecule has 0 spiro atoms. The van der Waals surface area contributed by atoms with Gasteiger partial charge in [-0.3, -0.25) is 4.79 Å². The number of anilines is 1. The highest BCUT2D eigenvalue weighted by Crippen LogP contribution is 2.33. The van der Waals surface area contributed by atoms with Gasteiger partial charge in [0.1, 0.15) is 17.1 Å². The number of nitrogens with zero attached hydrogens (tertiary/aromatic N) is 2. The van der Waals surface area contributed by atoms with Gasteiger partial charge in [0.15, 0.2) is 11.5 Å². The Morgan fingerprint density at radius 2 is 1.83 bits per heavy atom. The van der Waals surface area contributed by atoms with E-state index in [0.29, 0.717) is 22.7 Å². The minimum absolute atomic E-state index is 0.269. The van der Waals surface area contributed by atoms with Crippen molar-refractivity contribution in [3.8, 4) is 11.5 Å². The number of benzene rings is 2. The number of hydrogen-bond donors (Lipinski definition) is 2. The van der Waals surface area contributed by atoms with Crippen LogP contribution in [0.3, 0.4) is 0 Å². The van der Waals surface area contributed by atoms with E-state index in [4.69, 9.17) is 9.47 Å². The second-order valence-corrected chi connectivity index (χ2v) is 5.32. The van der Waals surface area contributed by atoms with Crippen molar-refractivity contribution in [2.24, 2.45) is 0 Å². The van der Waals surface area contributed by atoms with E-state index in [0.717, 1.165) is 5.52 Å². The zero-order chi connectivity index (χ0) is 15.8. The van der Waals surface area contributed by atoms with Gasteiger partial charge < -0.3 is 14.8 Å². The summed E-state index contributed by atoms with van der Waals surface area (Å²) >= 11 is 0. The molecule has 116 valence electrons. The van der Waals surface area contributed by atoms with Gasteiger partial charge in [-0.2, -0.15) is 15.4 Å². The van der Waals surface area contributed by atoms with E-state index in [1.165, 1.54) is 0 Å². The number of aromatic nitrogens is 3. The van der Waals surface area contributed by atoms with Gasteiger partial charge in [0.2, 0.25) is 6.10 Å². The van der Waals surface area contributed by atoms with E-state index in [2.05, 4.69) is 20.7 Å². The van der Waals surface area contributed by atoms with Gasteiger partial charge in [0, 0.05) is 5.69 Å². The van der Waals surface area contributed by atoms with Crippen molar-refractivity contribution in [3.05, 3.63) is 42.5 Å². The van der Waals surface area contributed by atoms with Crippen molar-refractivity contribution in [1.29, 1.82) is 0 Å². The van der Waals surface area contributed by atoms with Gasteiger partial charge in [-0.25, -0.2) is 0 Å². The fourth-order valence-corrected chi connectivity index (χ4v) is 2.54. The molecule has 3 aromatic rings. The Hall–Kier alpha value is -3.09. The van der Waals surface area contributed by atoms with Crippen LogP contribution in [0.2, 0.25) is 0 Å². The first kappa shape index (κ1) is 13.6. The van der Waals surface area contributed by atoms with Gasteiger partial charge in [0.25, 0.3) is 5.91 Å². The monoisotopic (exact) mass is 310 g/mol. The maximum atomic E-state index is 12.5. The normalized spacial score (nSPS) is 19.5. The molecule has 1 aliphatic rings. The molecule has 1 aliphatic heterocycles. The fourth-order valence-electron chi connectivity index (χ4n) is 2.54. The minimum atomic E-state index is -0.724. The first-order chi connectivity index (χ1) is 11.2. The number of carbonyl (C=O) groups is 1. The molecular weight excluding hydrogens is 296 g/mol. The molecule has 0 aliphatic carbocycles. The van der Waals surface area contributed by atoms with E-state index in [-0.39, 0.29) is 12.0 Å². The Balaban J connectivity index is 1.54. The van der Waals surface area contributed by atoms with Crippen LogP contribution in [0.5, 0.6) is 11.5 Å². The molecule has 7 heteroatoms. The van der Waals surface area contributed by atoms with Gasteiger partial charge in [0.05, 0.1) is 0 Å². The van der Waals surface area contributed by atoms with Crippen LogP contribution < -0.4 is 14.8 Å². The summed E-state index contributed by atoms with van der Waals surface area (Å²) in [5, 5.41) is 13.3. The first-order valence-corrected chi connectivity index (χ1v) is 7.24. The van der Waals surface area contributed by atoms with Crippen molar-refractivity contribution in [2.75, 3.05) is 5.32 Å². The lowest BCUT2D eigenvalue weighted by molar-refractivity contribution is -0.128. The summed E-state index contributed by atoms with van der Waals surface area (Å²) in [6, 6.07) is 12.6. The highest BCUT2D eigenvalue weighted by molar-refractivity contribution is 5.96. The van der Waals surface area contributed by atoms with Crippen LogP contribution in [0.15, 0.2) is 42.5 Å². The number of hydrogen-bond acceptors (Lipinski definition) is 5. The number of nitrogens with one attached hydrogen (secondary N) is 2. The van der Waals surface area contributed by atoms with E-state index >= 15 is 0 Å². The number of aromatic amines is 1. The van der Waals surface area contributed by atoms with Crippen molar-refractivity contribution in [3.63, 3.8) is 0 Å². The lowest BCUT2D eigenvalue weighted by Gasteiger charge is -2.30. The van der Waals surface area contributed by atoms with E-state index < -0.39 is 6.10 Å². The van der Waals surface area contributed by atoms with Crippen molar-refractivity contribution in [1.82, 2.24) is 15.4 Å². The van der Waals surface area contributed by atoms with Crippen LogP contribution in [0, 0.1) is 0 Å². The van der Waals surface area contributed by atoms with Gasteiger partial charge in [-0.15, -0.1) is 0 Å². The molecule has 0 saturated carbocycles. The van der Waals surface area contributed by atoms with E-state index in [1.54, 1.807) is 31.2 Å². The summed E-state index contributed by atoms with van der Waals surface area (Å²) in [7, 11) is 0. The Kier molecular flexibility index (Phi) is 3.11. The van der Waals surface area contributed by atoms with Crippen LogP contribution in [0.4, 0.5) is 5.69 Å². The maximum absolute atomic E-state index is 12.5. The molecule has 2 aromatic carbocycles. The highest BCUT2D eigenvalue weighted by atomic mass is 16.6. The van der Waals surface area contributed by atoms with Crippen LogP contribution in [-0.4, -0.2) is 33.5 Å². The Morgan fingerprint density at radius 3 is 2.65 bits per heavy atom. The molecule has 7 nitrogen and oxygen atoms in total. The summed E-state index contributed by atoms with van der Waals surface area (Å²) < 4.78 is 11.5. The second kappa shape index (κ2) is 5.28. The number of amides is 1. The Bertz CT molecular complexity index is 876. The SMILES string of the molecule is CC1Oc2ccccc2OC1C(=O)Nc1ccc2n[nH]nc2c1. The van der Waals surface area contributed by atoms with Crippen LogP contribution in [0.25, 0.3) is 11.0 Å². The lowest BCUT2D eigenvalue weighted by Crippen LogP contribution is -2.46. The third-order valence-electron chi connectivity index (χ3n) is 3.68. The number of H-pyrrole nitrogens is 1. The van der Waals surface area contributed by atoms with Crippen molar-refractivity contribution >= 4 is 22.6 Å². The molecule has 0 bridgehead atoms. The highest BCUT2D eigenvalue weighted by Gasteiger charge is 2.34. The van der Waals surface area contributed by atoms with Gasteiger partial charge in [-0.05, 0) is 37.3 Å². The number of para-hydroxylation sites is 2. The molecule has 0 saturated heterocycles. The molecule has 2 atom stereocenters. The topological polar surface area (TPSA) is 89.1 Å². The average Bonchev–Trinajstić information content (AvgIpc) is 3.01. The quantitative estimate of drug-likeness (QED) is 0.757. The molecule has 2 heterocycles. The zero-order valence-corrected chi connectivity index (χ0v) is 12.3. The van der Waals surface area contributed by atoms with Gasteiger partial charge in [-0.1, -0.05) is 12.1 Å². The number of carbonyl (C=O) groups excluding carboxylic acids is 1. The molecule has 0 radical (unpaired) electrons. The fraction of sp³-hybridized carbons (Fsp3) is 0.188. The van der Waals surface area contributed by atoms with E-state index in [1.807, 2.05) is 18.2 Å².